The zero-order valence-electron chi connectivity index (χ0n) is 20.0. The quantitative estimate of drug-likeness (QED) is 0.342. The van der Waals surface area contributed by atoms with Crippen molar-refractivity contribution in [3.8, 4) is 11.5 Å². The molecule has 0 unspecified atom stereocenters. The zero-order chi connectivity index (χ0) is 24.3. The summed E-state index contributed by atoms with van der Waals surface area (Å²) in [5, 5.41) is 5.59. The highest BCUT2D eigenvalue weighted by molar-refractivity contribution is 7.09. The van der Waals surface area contributed by atoms with E-state index in [2.05, 4.69) is 22.1 Å². The van der Waals surface area contributed by atoms with Gasteiger partial charge in [0.25, 0.3) is 5.91 Å². The van der Waals surface area contributed by atoms with Crippen LogP contribution in [0.25, 0.3) is 0 Å². The Kier molecular flexibility index (Phi) is 9.85. The maximum atomic E-state index is 13.4. The molecule has 0 fully saturated rings. The fraction of sp³-hybridized carbons (Fsp3) is 0.385. The second-order valence-corrected chi connectivity index (χ2v) is 8.96. The highest BCUT2D eigenvalue weighted by Gasteiger charge is 2.15. The zero-order valence-corrected chi connectivity index (χ0v) is 20.8. The van der Waals surface area contributed by atoms with E-state index in [1.54, 1.807) is 31.7 Å². The second kappa shape index (κ2) is 13.1. The maximum absolute atomic E-state index is 13.4. The van der Waals surface area contributed by atoms with Crippen molar-refractivity contribution in [2.24, 2.45) is 0 Å². The summed E-state index contributed by atoms with van der Waals surface area (Å²) in [6, 6.07) is 12.5. The minimum absolute atomic E-state index is 0.133. The van der Waals surface area contributed by atoms with Crippen LogP contribution < -0.4 is 14.8 Å². The van der Waals surface area contributed by atoms with Gasteiger partial charge in [-0.25, -0.2) is 9.37 Å². The van der Waals surface area contributed by atoms with Crippen LogP contribution in [-0.2, 0) is 19.5 Å². The van der Waals surface area contributed by atoms with Crippen molar-refractivity contribution < 1.29 is 18.7 Å². The van der Waals surface area contributed by atoms with Gasteiger partial charge in [0.05, 0.1) is 20.8 Å². The van der Waals surface area contributed by atoms with Gasteiger partial charge >= 0.3 is 0 Å². The number of aromatic nitrogens is 1. The van der Waals surface area contributed by atoms with Crippen LogP contribution in [0.2, 0.25) is 0 Å². The van der Waals surface area contributed by atoms with Crippen molar-refractivity contribution in [1.29, 1.82) is 0 Å². The molecule has 0 spiro atoms. The highest BCUT2D eigenvalue weighted by Crippen LogP contribution is 2.28. The molecule has 0 bridgehead atoms. The van der Waals surface area contributed by atoms with Gasteiger partial charge in [-0.05, 0) is 48.2 Å². The number of hydrogen-bond acceptors (Lipinski definition) is 6. The average Bonchev–Trinajstić information content (AvgIpc) is 3.32. The number of nitrogens with one attached hydrogen (secondary N) is 1. The van der Waals surface area contributed by atoms with Crippen molar-refractivity contribution in [3.63, 3.8) is 0 Å². The molecule has 1 amide bonds. The molecule has 8 heteroatoms. The minimum Gasteiger partial charge on any atom is -0.493 e. The molecule has 0 saturated heterocycles. The maximum Gasteiger partial charge on any atom is 0.270 e. The molecule has 34 heavy (non-hydrogen) atoms. The lowest BCUT2D eigenvalue weighted by molar-refractivity contribution is 0.0948. The first-order chi connectivity index (χ1) is 16.5. The van der Waals surface area contributed by atoms with Crippen LogP contribution in [0.15, 0.2) is 47.8 Å². The first-order valence-electron chi connectivity index (χ1n) is 11.4. The van der Waals surface area contributed by atoms with Gasteiger partial charge in [0, 0.05) is 25.0 Å². The first kappa shape index (κ1) is 25.6. The molecular formula is C26H32FN3O3S. The number of benzene rings is 2. The number of halogens is 1. The van der Waals surface area contributed by atoms with Crippen molar-refractivity contribution in [2.45, 2.75) is 39.3 Å². The molecule has 0 aliphatic rings. The monoisotopic (exact) mass is 485 g/mol. The normalized spacial score (nSPS) is 11.0. The van der Waals surface area contributed by atoms with E-state index in [0.717, 1.165) is 41.9 Å². The van der Waals surface area contributed by atoms with Crippen LogP contribution in [0.1, 0.15) is 46.4 Å². The fourth-order valence-electron chi connectivity index (χ4n) is 3.53. The molecule has 3 rings (SSSR count). The van der Waals surface area contributed by atoms with E-state index in [0.29, 0.717) is 36.8 Å². The van der Waals surface area contributed by atoms with E-state index in [9.17, 15) is 9.18 Å². The summed E-state index contributed by atoms with van der Waals surface area (Å²) >= 11 is 1.48. The third kappa shape index (κ3) is 7.53. The number of ether oxygens (including phenoxy) is 2. The number of thiazole rings is 1. The molecule has 0 radical (unpaired) electrons. The topological polar surface area (TPSA) is 63.7 Å². The lowest BCUT2D eigenvalue weighted by Gasteiger charge is -2.22. The Morgan fingerprint density at radius 1 is 1.06 bits per heavy atom. The van der Waals surface area contributed by atoms with Crippen LogP contribution in [0.5, 0.6) is 11.5 Å². The smallest absolute Gasteiger partial charge is 0.270 e. The predicted molar refractivity (Wildman–Crippen MR) is 133 cm³/mol. The summed E-state index contributed by atoms with van der Waals surface area (Å²) in [7, 11) is 3.25. The molecule has 2 aromatic carbocycles. The first-order valence-corrected chi connectivity index (χ1v) is 12.3. The van der Waals surface area contributed by atoms with Crippen LogP contribution in [0.3, 0.4) is 0 Å². The molecule has 1 N–H and O–H groups in total. The molecular weight excluding hydrogens is 453 g/mol. The van der Waals surface area contributed by atoms with Gasteiger partial charge in [0.2, 0.25) is 0 Å². The Hall–Kier alpha value is -2.97. The Labute approximate surface area is 204 Å². The van der Waals surface area contributed by atoms with E-state index in [-0.39, 0.29) is 11.7 Å². The number of methoxy groups -OCH3 is 2. The molecule has 0 saturated carbocycles. The van der Waals surface area contributed by atoms with Gasteiger partial charge in [-0.2, -0.15) is 0 Å². The Balaban J connectivity index is 1.70. The molecule has 182 valence electrons. The van der Waals surface area contributed by atoms with Crippen molar-refractivity contribution in [1.82, 2.24) is 15.2 Å². The number of carbonyl (C=O) groups excluding carboxylic acids is 1. The van der Waals surface area contributed by atoms with E-state index in [1.165, 1.54) is 23.5 Å². The lowest BCUT2D eigenvalue weighted by Crippen LogP contribution is -2.26. The second-order valence-electron chi connectivity index (χ2n) is 8.01. The van der Waals surface area contributed by atoms with Gasteiger partial charge in [0.15, 0.2) is 11.5 Å². The highest BCUT2D eigenvalue weighted by atomic mass is 32.1. The number of hydrogen-bond donors (Lipinski definition) is 1. The summed E-state index contributed by atoms with van der Waals surface area (Å²) < 4.78 is 24.1. The van der Waals surface area contributed by atoms with Gasteiger partial charge in [-0.3, -0.25) is 9.69 Å². The molecule has 3 aromatic rings. The fourth-order valence-corrected chi connectivity index (χ4v) is 4.35. The van der Waals surface area contributed by atoms with Crippen LogP contribution in [0.4, 0.5) is 4.39 Å². The Morgan fingerprint density at radius 3 is 2.50 bits per heavy atom. The molecule has 1 aromatic heterocycles. The van der Waals surface area contributed by atoms with Crippen LogP contribution >= 0.6 is 11.3 Å². The van der Waals surface area contributed by atoms with E-state index in [1.807, 2.05) is 18.2 Å². The summed E-state index contributed by atoms with van der Waals surface area (Å²) in [6.07, 6.45) is 2.77. The number of unbranched alkanes of at least 4 members (excludes halogenated alkanes) is 1. The average molecular weight is 486 g/mol. The summed E-state index contributed by atoms with van der Waals surface area (Å²) in [5.41, 5.74) is 2.59. The molecule has 6 nitrogen and oxygen atoms in total. The SMILES string of the molecule is CCCCNC(=O)c1csc(CN(CCc2ccc(OC)c(OC)c2)Cc2ccc(F)cc2)n1. The molecule has 1 heterocycles. The Morgan fingerprint density at radius 2 is 1.79 bits per heavy atom. The van der Waals surface area contributed by atoms with E-state index >= 15 is 0 Å². The summed E-state index contributed by atoms with van der Waals surface area (Å²) in [6.45, 7) is 4.74. The third-order valence-corrected chi connectivity index (χ3v) is 6.28. The van der Waals surface area contributed by atoms with Crippen molar-refractivity contribution >= 4 is 17.2 Å². The molecule has 0 atom stereocenters. The number of carbonyl (C=O) groups is 1. The Bertz CT molecular complexity index is 1060. The van der Waals surface area contributed by atoms with Gasteiger partial charge < -0.3 is 14.8 Å². The molecule has 0 aliphatic heterocycles. The van der Waals surface area contributed by atoms with Crippen LogP contribution in [0, 0.1) is 5.82 Å². The van der Waals surface area contributed by atoms with E-state index < -0.39 is 0 Å². The predicted octanol–water partition coefficient (Wildman–Crippen LogP) is 5.07. The standard InChI is InChI=1S/C26H32FN3O3S/c1-4-5-13-28-26(31)22-18-34-25(29-22)17-30(16-20-6-9-21(27)10-7-20)14-12-19-8-11-23(32-2)24(15-19)33-3/h6-11,15,18H,4-5,12-14,16-17H2,1-3H3,(H,28,31). The lowest BCUT2D eigenvalue weighted by atomic mass is 10.1. The van der Waals surface area contributed by atoms with Crippen molar-refractivity contribution in [3.05, 3.63) is 75.5 Å². The molecule has 0 aliphatic carbocycles. The van der Waals surface area contributed by atoms with Crippen molar-refractivity contribution in [2.75, 3.05) is 27.3 Å². The number of rotatable bonds is 13. The number of amides is 1. The van der Waals surface area contributed by atoms with E-state index in [4.69, 9.17) is 9.47 Å². The third-order valence-electron chi connectivity index (χ3n) is 5.44. The number of nitrogens with zero attached hydrogens (tertiary/aromatic N) is 2. The van der Waals surface area contributed by atoms with Gasteiger partial charge in [0.1, 0.15) is 16.5 Å². The summed E-state index contributed by atoms with van der Waals surface area (Å²) in [4.78, 5) is 19.1. The summed E-state index contributed by atoms with van der Waals surface area (Å²) in [5.74, 6) is 1.01. The largest absolute Gasteiger partial charge is 0.493 e. The van der Waals surface area contributed by atoms with Gasteiger partial charge in [-0.1, -0.05) is 31.5 Å². The van der Waals surface area contributed by atoms with Crippen LogP contribution in [-0.4, -0.2) is 43.1 Å². The minimum atomic E-state index is -0.251. The van der Waals surface area contributed by atoms with Gasteiger partial charge in [-0.15, -0.1) is 11.3 Å².